The van der Waals surface area contributed by atoms with Gasteiger partial charge < -0.3 is 5.32 Å². The summed E-state index contributed by atoms with van der Waals surface area (Å²) in [5.41, 5.74) is 0. The van der Waals surface area contributed by atoms with Gasteiger partial charge in [0.05, 0.1) is 4.90 Å². The Morgan fingerprint density at radius 3 is 2.61 bits per heavy atom. The molecule has 100 valence electrons. The maximum Gasteiger partial charge on any atom is 0.242 e. The Hall–Kier alpha value is -0.430. The smallest absolute Gasteiger partial charge is 0.242 e. The molecule has 1 aromatic rings. The van der Waals surface area contributed by atoms with Crippen molar-refractivity contribution in [2.24, 2.45) is 5.92 Å². The summed E-state index contributed by atoms with van der Waals surface area (Å²) >= 11 is 3.30. The quantitative estimate of drug-likeness (QED) is 0.912. The van der Waals surface area contributed by atoms with Crippen LogP contribution in [-0.4, -0.2) is 39.4 Å². The highest BCUT2D eigenvalue weighted by atomic mass is 79.9. The van der Waals surface area contributed by atoms with Crippen molar-refractivity contribution in [3.05, 3.63) is 28.7 Å². The van der Waals surface area contributed by atoms with E-state index in [1.54, 1.807) is 31.3 Å². The summed E-state index contributed by atoms with van der Waals surface area (Å²) in [6.45, 7) is 2.46. The molecule has 18 heavy (non-hydrogen) atoms. The third-order valence-corrected chi connectivity index (χ3v) is 5.57. The molecule has 1 fully saturated rings. The van der Waals surface area contributed by atoms with Crippen LogP contribution in [0.4, 0.5) is 0 Å². The van der Waals surface area contributed by atoms with Gasteiger partial charge in [-0.1, -0.05) is 15.9 Å². The maximum absolute atomic E-state index is 12.3. The number of rotatable bonds is 4. The maximum atomic E-state index is 12.3. The Morgan fingerprint density at radius 2 is 2.06 bits per heavy atom. The van der Waals surface area contributed by atoms with Gasteiger partial charge in [-0.3, -0.25) is 0 Å². The van der Waals surface area contributed by atoms with Gasteiger partial charge in [0.2, 0.25) is 10.0 Å². The Morgan fingerprint density at radius 1 is 1.39 bits per heavy atom. The lowest BCUT2D eigenvalue weighted by Gasteiger charge is -2.20. The SMILES string of the molecule is CN(CC1CCNC1)S(=O)(=O)c1ccc(Br)cc1. The van der Waals surface area contributed by atoms with Crippen LogP contribution in [0.15, 0.2) is 33.6 Å². The van der Waals surface area contributed by atoms with E-state index < -0.39 is 10.0 Å². The minimum Gasteiger partial charge on any atom is -0.316 e. The minimum absolute atomic E-state index is 0.346. The Balaban J connectivity index is 2.11. The lowest BCUT2D eigenvalue weighted by molar-refractivity contribution is 0.399. The third-order valence-electron chi connectivity index (χ3n) is 3.20. The minimum atomic E-state index is -3.36. The summed E-state index contributed by atoms with van der Waals surface area (Å²) in [4.78, 5) is 0.346. The van der Waals surface area contributed by atoms with Crippen molar-refractivity contribution < 1.29 is 8.42 Å². The van der Waals surface area contributed by atoms with Crippen molar-refractivity contribution in [3.63, 3.8) is 0 Å². The van der Waals surface area contributed by atoms with Gasteiger partial charge in [0.1, 0.15) is 0 Å². The van der Waals surface area contributed by atoms with E-state index >= 15 is 0 Å². The van der Waals surface area contributed by atoms with Crippen LogP contribution in [0.5, 0.6) is 0 Å². The summed E-state index contributed by atoms with van der Waals surface area (Å²) in [5, 5.41) is 3.25. The van der Waals surface area contributed by atoms with Gasteiger partial charge >= 0.3 is 0 Å². The van der Waals surface area contributed by atoms with Crippen LogP contribution in [0.25, 0.3) is 0 Å². The zero-order valence-electron chi connectivity index (χ0n) is 10.3. The molecule has 1 unspecified atom stereocenters. The van der Waals surface area contributed by atoms with Crippen LogP contribution >= 0.6 is 15.9 Å². The van der Waals surface area contributed by atoms with Gasteiger partial charge in [-0.15, -0.1) is 0 Å². The molecule has 0 spiro atoms. The molecule has 0 bridgehead atoms. The van der Waals surface area contributed by atoms with Crippen molar-refractivity contribution in [2.75, 3.05) is 26.7 Å². The van der Waals surface area contributed by atoms with Crippen molar-refractivity contribution in [1.82, 2.24) is 9.62 Å². The summed E-state index contributed by atoms with van der Waals surface area (Å²) in [6, 6.07) is 6.75. The molecule has 1 heterocycles. The molecule has 0 amide bonds. The molecular formula is C12H17BrN2O2S. The average molecular weight is 333 g/mol. The molecule has 1 aliphatic heterocycles. The fraction of sp³-hybridized carbons (Fsp3) is 0.500. The van der Waals surface area contributed by atoms with Gasteiger partial charge in [-0.25, -0.2) is 12.7 Å². The summed E-state index contributed by atoms with van der Waals surface area (Å²) in [6.07, 6.45) is 1.04. The lowest BCUT2D eigenvalue weighted by Crippen LogP contribution is -2.32. The van der Waals surface area contributed by atoms with E-state index in [9.17, 15) is 8.42 Å². The van der Waals surface area contributed by atoms with E-state index in [2.05, 4.69) is 21.2 Å². The first-order valence-corrected chi connectivity index (χ1v) is 8.16. The fourth-order valence-electron chi connectivity index (χ4n) is 2.12. The van der Waals surface area contributed by atoms with Crippen molar-refractivity contribution in [1.29, 1.82) is 0 Å². The van der Waals surface area contributed by atoms with Crippen LogP contribution in [0.3, 0.4) is 0 Å². The number of hydrogen-bond acceptors (Lipinski definition) is 3. The van der Waals surface area contributed by atoms with Crippen molar-refractivity contribution in [3.8, 4) is 0 Å². The summed E-state index contributed by atoms with van der Waals surface area (Å²) in [7, 11) is -1.71. The molecular weight excluding hydrogens is 316 g/mol. The second-order valence-electron chi connectivity index (χ2n) is 4.60. The molecule has 0 radical (unpaired) electrons. The normalized spacial score (nSPS) is 20.5. The number of halogens is 1. The molecule has 1 aliphatic rings. The van der Waals surface area contributed by atoms with Gasteiger partial charge in [-0.05, 0) is 49.7 Å². The predicted octanol–water partition coefficient (Wildman–Crippen LogP) is 1.68. The van der Waals surface area contributed by atoms with E-state index in [4.69, 9.17) is 0 Å². The molecule has 0 saturated carbocycles. The topological polar surface area (TPSA) is 49.4 Å². The van der Waals surface area contributed by atoms with Crippen LogP contribution in [0.1, 0.15) is 6.42 Å². The molecule has 0 aliphatic carbocycles. The number of benzene rings is 1. The number of nitrogens with one attached hydrogen (secondary N) is 1. The van der Waals surface area contributed by atoms with Crippen LogP contribution in [-0.2, 0) is 10.0 Å². The molecule has 4 nitrogen and oxygen atoms in total. The second-order valence-corrected chi connectivity index (χ2v) is 7.56. The zero-order chi connectivity index (χ0) is 13.2. The lowest BCUT2D eigenvalue weighted by atomic mass is 10.1. The van der Waals surface area contributed by atoms with Crippen LogP contribution in [0.2, 0.25) is 0 Å². The predicted molar refractivity (Wildman–Crippen MR) is 74.9 cm³/mol. The zero-order valence-corrected chi connectivity index (χ0v) is 12.7. The highest BCUT2D eigenvalue weighted by Gasteiger charge is 2.25. The summed E-state index contributed by atoms with van der Waals surface area (Å²) in [5.74, 6) is 0.417. The highest BCUT2D eigenvalue weighted by Crippen LogP contribution is 2.19. The van der Waals surface area contributed by atoms with E-state index in [0.717, 1.165) is 24.0 Å². The molecule has 1 aromatic carbocycles. The average Bonchev–Trinajstić information content (AvgIpc) is 2.82. The van der Waals surface area contributed by atoms with Gasteiger partial charge in [0, 0.05) is 18.1 Å². The molecule has 6 heteroatoms. The monoisotopic (exact) mass is 332 g/mol. The van der Waals surface area contributed by atoms with Crippen molar-refractivity contribution in [2.45, 2.75) is 11.3 Å². The third kappa shape index (κ3) is 3.12. The molecule has 2 rings (SSSR count). The highest BCUT2D eigenvalue weighted by molar-refractivity contribution is 9.10. The van der Waals surface area contributed by atoms with E-state index in [-0.39, 0.29) is 0 Å². The molecule has 1 saturated heterocycles. The first-order chi connectivity index (χ1) is 8.50. The Labute approximate surface area is 117 Å². The Bertz CT molecular complexity index is 495. The Kier molecular flexibility index (Phi) is 4.42. The first kappa shape index (κ1) is 14.0. The fourth-order valence-corrected chi connectivity index (χ4v) is 3.63. The molecule has 0 aromatic heterocycles. The van der Waals surface area contributed by atoms with E-state index in [1.165, 1.54) is 4.31 Å². The molecule has 1 atom stereocenters. The first-order valence-electron chi connectivity index (χ1n) is 5.93. The van der Waals surface area contributed by atoms with Crippen LogP contribution < -0.4 is 5.32 Å². The number of hydrogen-bond donors (Lipinski definition) is 1. The standard InChI is InChI=1S/C12H17BrN2O2S/c1-15(9-10-6-7-14-8-10)18(16,17)12-4-2-11(13)3-5-12/h2-5,10,14H,6-9H2,1H3. The number of sulfonamides is 1. The van der Waals surface area contributed by atoms with Crippen molar-refractivity contribution >= 4 is 26.0 Å². The number of nitrogens with zero attached hydrogens (tertiary/aromatic N) is 1. The van der Waals surface area contributed by atoms with Gasteiger partial charge in [-0.2, -0.15) is 0 Å². The largest absolute Gasteiger partial charge is 0.316 e. The van der Waals surface area contributed by atoms with Crippen LogP contribution in [0, 0.1) is 5.92 Å². The van der Waals surface area contributed by atoms with E-state index in [1.807, 2.05) is 0 Å². The van der Waals surface area contributed by atoms with E-state index in [0.29, 0.717) is 17.4 Å². The summed E-state index contributed by atoms with van der Waals surface area (Å²) < 4.78 is 27.0. The van der Waals surface area contributed by atoms with Gasteiger partial charge in [0.15, 0.2) is 0 Å². The van der Waals surface area contributed by atoms with Gasteiger partial charge in [0.25, 0.3) is 0 Å². The second kappa shape index (κ2) is 5.69. The molecule has 1 N–H and O–H groups in total.